The molecule has 3 heteroatoms. The molecule has 0 aliphatic carbocycles. The lowest BCUT2D eigenvalue weighted by molar-refractivity contribution is 0.0741. The van der Waals surface area contributed by atoms with Gasteiger partial charge in [-0.25, -0.2) is 5.06 Å². The lowest BCUT2D eigenvalue weighted by Gasteiger charge is -2.31. The maximum atomic E-state index is 6.26. The molecule has 2 atom stereocenters. The molecule has 1 fully saturated rings. The quantitative estimate of drug-likeness (QED) is 0.571. The summed E-state index contributed by atoms with van der Waals surface area (Å²) in [7, 11) is 0. The summed E-state index contributed by atoms with van der Waals surface area (Å²) < 4.78 is 1.12. The fourth-order valence-electron chi connectivity index (χ4n) is 3.91. The van der Waals surface area contributed by atoms with Crippen LogP contribution in [0.1, 0.15) is 23.6 Å². The van der Waals surface area contributed by atoms with Crippen LogP contribution >= 0.6 is 15.9 Å². The highest BCUT2D eigenvalue weighted by molar-refractivity contribution is 9.10. The molecule has 23 heavy (non-hydrogen) atoms. The van der Waals surface area contributed by atoms with Gasteiger partial charge in [0.1, 0.15) is 0 Å². The largest absolute Gasteiger partial charge is 0.269 e. The Kier molecular flexibility index (Phi) is 3.00. The summed E-state index contributed by atoms with van der Waals surface area (Å²) in [6.45, 7) is 0. The van der Waals surface area contributed by atoms with Crippen molar-refractivity contribution in [3.05, 3.63) is 76.3 Å². The van der Waals surface area contributed by atoms with Gasteiger partial charge in [-0.05, 0) is 28.6 Å². The average molecular weight is 366 g/mol. The maximum absolute atomic E-state index is 6.26. The van der Waals surface area contributed by atoms with E-state index in [1.807, 2.05) is 0 Å². The Morgan fingerprint density at radius 2 is 1.91 bits per heavy atom. The Morgan fingerprint density at radius 3 is 2.83 bits per heavy atom. The van der Waals surface area contributed by atoms with E-state index >= 15 is 0 Å². The first-order valence-electron chi connectivity index (χ1n) is 8.02. The van der Waals surface area contributed by atoms with Crippen molar-refractivity contribution in [1.82, 2.24) is 0 Å². The number of fused-ring (bicyclic) bond motifs is 6. The van der Waals surface area contributed by atoms with Crippen LogP contribution < -0.4 is 5.06 Å². The number of anilines is 1. The van der Waals surface area contributed by atoms with E-state index in [-0.39, 0.29) is 12.1 Å². The van der Waals surface area contributed by atoms with Gasteiger partial charge >= 0.3 is 0 Å². The van der Waals surface area contributed by atoms with Crippen LogP contribution in [0.3, 0.4) is 0 Å². The summed E-state index contributed by atoms with van der Waals surface area (Å²) in [6, 6.07) is 21.9. The summed E-state index contributed by atoms with van der Waals surface area (Å²) in [5, 5.41) is 4.71. The Morgan fingerprint density at radius 1 is 1.00 bits per heavy atom. The highest BCUT2D eigenvalue weighted by atomic mass is 79.9. The zero-order valence-electron chi connectivity index (χ0n) is 12.6. The fraction of sp³-hybridized carbons (Fsp3) is 0.200. The van der Waals surface area contributed by atoms with Crippen molar-refractivity contribution in [2.24, 2.45) is 0 Å². The zero-order chi connectivity index (χ0) is 15.4. The second-order valence-corrected chi connectivity index (χ2v) is 7.27. The molecule has 0 radical (unpaired) electrons. The zero-order valence-corrected chi connectivity index (χ0v) is 14.2. The minimum atomic E-state index is 0.282. The Hall–Kier alpha value is -1.84. The molecule has 0 amide bonds. The summed E-state index contributed by atoms with van der Waals surface area (Å²) in [5.41, 5.74) is 3.96. The molecule has 0 unspecified atom stereocenters. The standard InChI is InChI=1S/C20H16BrNO/c21-16-6-3-5-14(10-16)19-12-17-11-15-9-8-13-4-1-2-7-18(13)20(15)22(19)23-17/h1-10,17,19H,11-12H2/t17-,19+/m1/s1. The van der Waals surface area contributed by atoms with Crippen LogP contribution in [0.4, 0.5) is 5.69 Å². The Bertz CT molecular complexity index is 907. The van der Waals surface area contributed by atoms with Crippen molar-refractivity contribution in [3.63, 3.8) is 0 Å². The van der Waals surface area contributed by atoms with Gasteiger partial charge in [-0.2, -0.15) is 0 Å². The smallest absolute Gasteiger partial charge is 0.0921 e. The molecule has 0 spiro atoms. The van der Waals surface area contributed by atoms with E-state index in [9.17, 15) is 0 Å². The predicted molar refractivity (Wildman–Crippen MR) is 96.5 cm³/mol. The third-order valence-electron chi connectivity index (χ3n) is 4.92. The number of rotatable bonds is 1. The molecule has 0 N–H and O–H groups in total. The first-order valence-corrected chi connectivity index (χ1v) is 8.81. The second kappa shape index (κ2) is 5.08. The van der Waals surface area contributed by atoms with E-state index in [1.54, 1.807) is 0 Å². The summed E-state index contributed by atoms with van der Waals surface area (Å²) in [4.78, 5) is 6.26. The molecule has 0 aromatic heterocycles. The number of hydroxylamine groups is 1. The number of benzene rings is 3. The van der Waals surface area contributed by atoms with Crippen molar-refractivity contribution < 1.29 is 4.84 Å². The lowest BCUT2D eigenvalue weighted by atomic mass is 9.99. The third kappa shape index (κ3) is 2.11. The topological polar surface area (TPSA) is 12.5 Å². The summed E-state index contributed by atoms with van der Waals surface area (Å²) in [6.07, 6.45) is 2.33. The van der Waals surface area contributed by atoms with Gasteiger partial charge in [0.15, 0.2) is 0 Å². The van der Waals surface area contributed by atoms with E-state index in [2.05, 4.69) is 81.7 Å². The minimum absolute atomic E-state index is 0.282. The predicted octanol–water partition coefficient (Wildman–Crippen LogP) is 5.41. The van der Waals surface area contributed by atoms with Gasteiger partial charge in [0.2, 0.25) is 0 Å². The normalized spacial score (nSPS) is 22.4. The third-order valence-corrected chi connectivity index (χ3v) is 5.41. The molecular formula is C20H16BrNO. The van der Waals surface area contributed by atoms with E-state index in [0.717, 1.165) is 17.3 Å². The van der Waals surface area contributed by atoms with Crippen LogP contribution in [-0.4, -0.2) is 6.10 Å². The van der Waals surface area contributed by atoms with E-state index in [4.69, 9.17) is 4.84 Å². The number of hydrogen-bond acceptors (Lipinski definition) is 2. The molecule has 114 valence electrons. The van der Waals surface area contributed by atoms with Crippen LogP contribution in [0.25, 0.3) is 10.8 Å². The molecule has 2 nitrogen and oxygen atoms in total. The Balaban J connectivity index is 1.69. The van der Waals surface area contributed by atoms with Gasteiger partial charge < -0.3 is 0 Å². The molecule has 2 bridgehead atoms. The van der Waals surface area contributed by atoms with Crippen LogP contribution in [-0.2, 0) is 11.3 Å². The SMILES string of the molecule is Brc1cccc([C@@H]2C[C@H]3Cc4ccc5ccccc5c4N2O3)c1. The highest BCUT2D eigenvalue weighted by Gasteiger charge is 2.40. The van der Waals surface area contributed by atoms with Crippen LogP contribution in [0.15, 0.2) is 65.1 Å². The van der Waals surface area contributed by atoms with Gasteiger partial charge in [0, 0.05) is 22.7 Å². The average Bonchev–Trinajstić information content (AvgIpc) is 2.91. The number of halogens is 1. The van der Waals surface area contributed by atoms with Crippen LogP contribution in [0.2, 0.25) is 0 Å². The molecule has 3 aromatic rings. The van der Waals surface area contributed by atoms with E-state index < -0.39 is 0 Å². The molecule has 5 rings (SSSR count). The minimum Gasteiger partial charge on any atom is -0.269 e. The molecular weight excluding hydrogens is 350 g/mol. The Labute approximate surface area is 143 Å². The molecule has 2 heterocycles. The molecule has 2 aliphatic heterocycles. The monoisotopic (exact) mass is 365 g/mol. The molecule has 0 saturated carbocycles. The van der Waals surface area contributed by atoms with Crippen LogP contribution in [0.5, 0.6) is 0 Å². The first kappa shape index (κ1) is 13.6. The van der Waals surface area contributed by atoms with Gasteiger partial charge in [-0.15, -0.1) is 0 Å². The summed E-state index contributed by atoms with van der Waals surface area (Å²) >= 11 is 3.59. The van der Waals surface area contributed by atoms with E-state index in [1.165, 1.54) is 27.6 Å². The molecule has 2 aliphatic rings. The fourth-order valence-corrected chi connectivity index (χ4v) is 4.32. The first-order chi connectivity index (χ1) is 11.3. The van der Waals surface area contributed by atoms with Gasteiger partial charge in [-0.3, -0.25) is 4.84 Å². The van der Waals surface area contributed by atoms with Crippen molar-refractivity contribution in [3.8, 4) is 0 Å². The number of hydrogen-bond donors (Lipinski definition) is 0. The van der Waals surface area contributed by atoms with Gasteiger partial charge in [-0.1, -0.05) is 64.5 Å². The van der Waals surface area contributed by atoms with Gasteiger partial charge in [0.05, 0.1) is 17.8 Å². The highest BCUT2D eigenvalue weighted by Crippen LogP contribution is 2.47. The van der Waals surface area contributed by atoms with Gasteiger partial charge in [0.25, 0.3) is 0 Å². The lowest BCUT2D eigenvalue weighted by Crippen LogP contribution is -2.27. The van der Waals surface area contributed by atoms with E-state index in [0.29, 0.717) is 0 Å². The second-order valence-electron chi connectivity index (χ2n) is 6.36. The maximum Gasteiger partial charge on any atom is 0.0921 e. The molecule has 1 saturated heterocycles. The van der Waals surface area contributed by atoms with Crippen LogP contribution in [0, 0.1) is 0 Å². The number of nitrogens with zero attached hydrogens (tertiary/aromatic N) is 1. The van der Waals surface area contributed by atoms with Crippen molar-refractivity contribution in [2.45, 2.75) is 25.0 Å². The van der Waals surface area contributed by atoms with Crippen molar-refractivity contribution in [2.75, 3.05) is 5.06 Å². The summed E-state index contributed by atoms with van der Waals surface area (Å²) in [5.74, 6) is 0. The molecule has 3 aromatic carbocycles. The van der Waals surface area contributed by atoms with Crippen molar-refractivity contribution >= 4 is 32.4 Å². The van der Waals surface area contributed by atoms with Crippen molar-refractivity contribution in [1.29, 1.82) is 0 Å².